The van der Waals surface area contributed by atoms with Gasteiger partial charge < -0.3 is 4.90 Å². The van der Waals surface area contributed by atoms with Crippen molar-refractivity contribution in [3.63, 3.8) is 0 Å². The Morgan fingerprint density at radius 2 is 2.40 bits per heavy atom. The summed E-state index contributed by atoms with van der Waals surface area (Å²) < 4.78 is 1.88. The molecule has 0 N–H and O–H groups in total. The van der Waals surface area contributed by atoms with E-state index < -0.39 is 0 Å². The number of carbonyl (C=O) groups excluding carboxylic acids is 1. The maximum absolute atomic E-state index is 12.6. The number of amides is 1. The molecule has 0 saturated carbocycles. The van der Waals surface area contributed by atoms with Crippen molar-refractivity contribution in [2.45, 2.75) is 39.3 Å². The first-order valence-corrected chi connectivity index (χ1v) is 7.97. The molecule has 106 valence electrons. The lowest BCUT2D eigenvalue weighted by Gasteiger charge is -2.40. The quantitative estimate of drug-likeness (QED) is 0.866. The lowest BCUT2D eigenvalue weighted by molar-refractivity contribution is 0.0467. The average Bonchev–Trinajstić information content (AvgIpc) is 2.98. The predicted molar refractivity (Wildman–Crippen MR) is 80.0 cm³/mol. The van der Waals surface area contributed by atoms with Crippen LogP contribution in [0.15, 0.2) is 23.7 Å². The maximum Gasteiger partial charge on any atom is 0.257 e. The fourth-order valence-electron chi connectivity index (χ4n) is 2.63. The lowest BCUT2D eigenvalue weighted by atomic mass is 10.00. The molecule has 0 aromatic carbocycles. The highest BCUT2D eigenvalue weighted by molar-refractivity contribution is 7.10. The third kappa shape index (κ3) is 2.26. The number of aryl methyl sites for hydroxylation is 2. The van der Waals surface area contributed by atoms with Crippen molar-refractivity contribution in [3.05, 3.63) is 39.8 Å². The van der Waals surface area contributed by atoms with E-state index in [9.17, 15) is 4.79 Å². The van der Waals surface area contributed by atoms with E-state index >= 15 is 0 Å². The van der Waals surface area contributed by atoms with Crippen LogP contribution in [0, 0.1) is 6.92 Å². The van der Waals surface area contributed by atoms with Crippen molar-refractivity contribution in [2.75, 3.05) is 6.54 Å². The van der Waals surface area contributed by atoms with E-state index in [1.54, 1.807) is 11.3 Å². The number of aromatic nitrogens is 2. The number of carbonyl (C=O) groups is 1. The van der Waals surface area contributed by atoms with Gasteiger partial charge in [-0.15, -0.1) is 11.3 Å². The van der Waals surface area contributed by atoms with Crippen LogP contribution in [0.5, 0.6) is 0 Å². The summed E-state index contributed by atoms with van der Waals surface area (Å²) in [7, 11) is 0. The molecule has 0 unspecified atom stereocenters. The molecule has 0 radical (unpaired) electrons. The second-order valence-corrected chi connectivity index (χ2v) is 6.19. The smallest absolute Gasteiger partial charge is 0.257 e. The van der Waals surface area contributed by atoms with Crippen LogP contribution in [-0.2, 0) is 6.54 Å². The molecule has 5 heteroatoms. The molecule has 3 heterocycles. The first-order valence-electron chi connectivity index (χ1n) is 7.09. The number of nitrogens with zero attached hydrogens (tertiary/aromatic N) is 3. The largest absolute Gasteiger partial charge is 0.331 e. The molecular weight excluding hydrogens is 270 g/mol. The summed E-state index contributed by atoms with van der Waals surface area (Å²) in [5, 5.41) is 6.49. The standard InChI is InChI=1S/C15H19N3OS/c1-3-7-17-10-12(11(2)16-17)15(19)18-8-6-13(18)14-5-4-9-20-14/h4-5,9-10,13H,3,6-8H2,1-2H3/t13-/m1/s1. The minimum absolute atomic E-state index is 0.120. The Hall–Kier alpha value is -1.62. The summed E-state index contributed by atoms with van der Waals surface area (Å²) in [5.41, 5.74) is 1.58. The summed E-state index contributed by atoms with van der Waals surface area (Å²) in [6, 6.07) is 4.42. The third-order valence-electron chi connectivity index (χ3n) is 3.78. The third-order valence-corrected chi connectivity index (χ3v) is 4.76. The van der Waals surface area contributed by atoms with Crippen LogP contribution in [0.1, 0.15) is 46.7 Å². The number of rotatable bonds is 4. The van der Waals surface area contributed by atoms with Gasteiger partial charge in [0.2, 0.25) is 0 Å². The van der Waals surface area contributed by atoms with Gasteiger partial charge in [0.1, 0.15) is 0 Å². The first-order chi connectivity index (χ1) is 9.70. The molecule has 1 atom stereocenters. The summed E-state index contributed by atoms with van der Waals surface area (Å²) in [6.07, 6.45) is 3.98. The Morgan fingerprint density at radius 1 is 1.55 bits per heavy atom. The van der Waals surface area contributed by atoms with Gasteiger partial charge in [-0.2, -0.15) is 5.10 Å². The van der Waals surface area contributed by atoms with Crippen molar-refractivity contribution in [1.29, 1.82) is 0 Å². The van der Waals surface area contributed by atoms with E-state index in [-0.39, 0.29) is 11.9 Å². The number of likely N-dealkylation sites (tertiary alicyclic amines) is 1. The van der Waals surface area contributed by atoms with E-state index in [4.69, 9.17) is 0 Å². The molecule has 2 aromatic rings. The summed E-state index contributed by atoms with van der Waals surface area (Å²) in [5.74, 6) is 0.120. The Balaban J connectivity index is 1.79. The Kier molecular flexibility index (Phi) is 3.61. The highest BCUT2D eigenvalue weighted by Gasteiger charge is 2.35. The number of thiophene rings is 1. The minimum atomic E-state index is 0.120. The summed E-state index contributed by atoms with van der Waals surface area (Å²) >= 11 is 1.73. The Bertz CT molecular complexity index is 603. The topological polar surface area (TPSA) is 38.1 Å². The van der Waals surface area contributed by atoms with Crippen molar-refractivity contribution in [2.24, 2.45) is 0 Å². The molecule has 0 spiro atoms. The molecule has 1 aliphatic heterocycles. The molecule has 4 nitrogen and oxygen atoms in total. The lowest BCUT2D eigenvalue weighted by Crippen LogP contribution is -2.44. The average molecular weight is 289 g/mol. The maximum atomic E-state index is 12.6. The normalized spacial score (nSPS) is 18.1. The molecule has 1 aliphatic rings. The van der Waals surface area contributed by atoms with Crippen LogP contribution < -0.4 is 0 Å². The van der Waals surface area contributed by atoms with Crippen molar-refractivity contribution in [1.82, 2.24) is 14.7 Å². The molecular formula is C15H19N3OS. The Morgan fingerprint density at radius 3 is 3.00 bits per heavy atom. The molecule has 1 fully saturated rings. The van der Waals surface area contributed by atoms with E-state index in [1.165, 1.54) is 4.88 Å². The molecule has 1 amide bonds. The van der Waals surface area contributed by atoms with Crippen LogP contribution in [0.3, 0.4) is 0 Å². The SMILES string of the molecule is CCCn1cc(C(=O)N2CC[C@@H]2c2cccs2)c(C)n1. The number of hydrogen-bond donors (Lipinski definition) is 0. The van der Waals surface area contributed by atoms with E-state index in [0.29, 0.717) is 0 Å². The fourth-order valence-corrected chi connectivity index (χ4v) is 3.51. The van der Waals surface area contributed by atoms with Crippen LogP contribution in [0.25, 0.3) is 0 Å². The highest BCUT2D eigenvalue weighted by Crippen LogP contribution is 2.36. The molecule has 20 heavy (non-hydrogen) atoms. The van der Waals surface area contributed by atoms with Gasteiger partial charge in [0, 0.05) is 24.2 Å². The zero-order valence-corrected chi connectivity index (χ0v) is 12.7. The second-order valence-electron chi connectivity index (χ2n) is 5.21. The molecule has 1 saturated heterocycles. The minimum Gasteiger partial charge on any atom is -0.331 e. The summed E-state index contributed by atoms with van der Waals surface area (Å²) in [6.45, 7) is 5.74. The van der Waals surface area contributed by atoms with Gasteiger partial charge in [0.25, 0.3) is 5.91 Å². The molecule has 0 aliphatic carbocycles. The number of hydrogen-bond acceptors (Lipinski definition) is 3. The van der Waals surface area contributed by atoms with Gasteiger partial charge in [-0.3, -0.25) is 9.48 Å². The van der Waals surface area contributed by atoms with Crippen LogP contribution in [0.4, 0.5) is 0 Å². The zero-order valence-electron chi connectivity index (χ0n) is 11.9. The molecule has 2 aromatic heterocycles. The Labute approximate surface area is 123 Å². The van der Waals surface area contributed by atoms with Gasteiger partial charge in [0.15, 0.2) is 0 Å². The van der Waals surface area contributed by atoms with Crippen LogP contribution in [0.2, 0.25) is 0 Å². The monoisotopic (exact) mass is 289 g/mol. The van der Waals surface area contributed by atoms with Crippen molar-refractivity contribution < 1.29 is 4.79 Å². The second kappa shape index (κ2) is 5.40. The molecule has 0 bridgehead atoms. The van der Waals surface area contributed by atoms with Gasteiger partial charge in [-0.1, -0.05) is 13.0 Å². The van der Waals surface area contributed by atoms with Gasteiger partial charge in [-0.25, -0.2) is 0 Å². The van der Waals surface area contributed by atoms with E-state index in [0.717, 1.165) is 37.2 Å². The van der Waals surface area contributed by atoms with Crippen LogP contribution in [-0.4, -0.2) is 27.1 Å². The molecule has 3 rings (SSSR count). The van der Waals surface area contributed by atoms with Gasteiger partial charge in [0.05, 0.1) is 17.3 Å². The highest BCUT2D eigenvalue weighted by atomic mass is 32.1. The fraction of sp³-hybridized carbons (Fsp3) is 0.467. The predicted octanol–water partition coefficient (Wildman–Crippen LogP) is 3.25. The van der Waals surface area contributed by atoms with Crippen LogP contribution >= 0.6 is 11.3 Å². The first kappa shape index (κ1) is 13.4. The van der Waals surface area contributed by atoms with Gasteiger partial charge in [-0.05, 0) is 31.2 Å². The zero-order chi connectivity index (χ0) is 14.1. The van der Waals surface area contributed by atoms with E-state index in [1.807, 2.05) is 28.8 Å². The summed E-state index contributed by atoms with van der Waals surface area (Å²) in [4.78, 5) is 15.9. The van der Waals surface area contributed by atoms with Crippen molar-refractivity contribution in [3.8, 4) is 0 Å². The van der Waals surface area contributed by atoms with Gasteiger partial charge >= 0.3 is 0 Å². The van der Waals surface area contributed by atoms with E-state index in [2.05, 4.69) is 23.5 Å². The van der Waals surface area contributed by atoms with Crippen molar-refractivity contribution >= 4 is 17.2 Å².